The minimum absolute atomic E-state index is 0.00633. The summed E-state index contributed by atoms with van der Waals surface area (Å²) in [6, 6.07) is 9.67. The number of carbonyl (C=O) groups is 2. The van der Waals surface area contributed by atoms with Crippen molar-refractivity contribution < 1.29 is 23.1 Å². The standard InChI is InChI=1S/C22H23F2N3O3/c1-30-20-7-6-16(23)12-15(20)14-25-8-10-26(11-9-25)19-13-21(28)27(22(19)29)18-5-3-2-4-17(18)24/h2-7,12,19H,8-11,13-14H2,1H3/t19-/m0/s1. The van der Waals surface area contributed by atoms with Gasteiger partial charge in [0.05, 0.1) is 25.3 Å². The van der Waals surface area contributed by atoms with Crippen LogP contribution >= 0.6 is 0 Å². The third-order valence-corrected chi connectivity index (χ3v) is 5.70. The Kier molecular flexibility index (Phi) is 5.78. The SMILES string of the molecule is COc1ccc(F)cc1CN1CCN([C@H]2CC(=O)N(c3ccccc3F)C2=O)CC1. The van der Waals surface area contributed by atoms with Gasteiger partial charge in [0, 0.05) is 38.3 Å². The maximum atomic E-state index is 14.1. The Balaban J connectivity index is 1.40. The molecule has 2 heterocycles. The molecular formula is C22H23F2N3O3. The average molecular weight is 415 g/mol. The van der Waals surface area contributed by atoms with Gasteiger partial charge in [0.1, 0.15) is 17.4 Å². The molecule has 0 saturated carbocycles. The first-order chi connectivity index (χ1) is 14.5. The van der Waals surface area contributed by atoms with Gasteiger partial charge >= 0.3 is 0 Å². The highest BCUT2D eigenvalue weighted by molar-refractivity contribution is 6.22. The lowest BCUT2D eigenvalue weighted by Gasteiger charge is -2.37. The summed E-state index contributed by atoms with van der Waals surface area (Å²) in [7, 11) is 1.55. The molecule has 2 aliphatic heterocycles. The fourth-order valence-corrected chi connectivity index (χ4v) is 4.13. The molecule has 0 aliphatic carbocycles. The number of ether oxygens (including phenoxy) is 1. The number of benzene rings is 2. The molecule has 6 nitrogen and oxygen atoms in total. The number of hydrogen-bond acceptors (Lipinski definition) is 5. The van der Waals surface area contributed by atoms with Crippen LogP contribution in [0.2, 0.25) is 0 Å². The van der Waals surface area contributed by atoms with E-state index in [2.05, 4.69) is 4.90 Å². The number of hydrogen-bond donors (Lipinski definition) is 0. The third kappa shape index (κ3) is 3.93. The summed E-state index contributed by atoms with van der Waals surface area (Å²) in [5, 5.41) is 0. The molecule has 2 aromatic rings. The number of amides is 2. The minimum atomic E-state index is -0.589. The zero-order valence-corrected chi connectivity index (χ0v) is 16.7. The normalized spacial score (nSPS) is 20.8. The number of para-hydroxylation sites is 1. The fraction of sp³-hybridized carbons (Fsp3) is 0.364. The predicted octanol–water partition coefficient (Wildman–Crippen LogP) is 2.42. The molecule has 1 atom stereocenters. The topological polar surface area (TPSA) is 53.1 Å². The molecule has 2 aromatic carbocycles. The van der Waals surface area contributed by atoms with Gasteiger partial charge < -0.3 is 4.74 Å². The van der Waals surface area contributed by atoms with Crippen molar-refractivity contribution in [3.8, 4) is 5.75 Å². The second-order valence-corrected chi connectivity index (χ2v) is 7.51. The van der Waals surface area contributed by atoms with Crippen molar-refractivity contribution in [2.75, 3.05) is 38.2 Å². The van der Waals surface area contributed by atoms with Crippen LogP contribution in [0.4, 0.5) is 14.5 Å². The molecule has 0 aromatic heterocycles. The summed E-state index contributed by atoms with van der Waals surface area (Å²) in [6.45, 7) is 3.04. The van der Waals surface area contributed by atoms with Crippen molar-refractivity contribution in [3.05, 3.63) is 59.7 Å². The summed E-state index contributed by atoms with van der Waals surface area (Å²) in [6.07, 6.45) is 0.0465. The van der Waals surface area contributed by atoms with E-state index < -0.39 is 11.9 Å². The summed E-state index contributed by atoms with van der Waals surface area (Å²) < 4.78 is 33.0. The lowest BCUT2D eigenvalue weighted by Crippen LogP contribution is -2.52. The maximum absolute atomic E-state index is 14.1. The first kappa shape index (κ1) is 20.4. The number of nitrogens with zero attached hydrogens (tertiary/aromatic N) is 3. The number of carbonyl (C=O) groups excluding carboxylic acids is 2. The molecule has 2 amide bonds. The Morgan fingerprint density at radius 3 is 2.47 bits per heavy atom. The van der Waals surface area contributed by atoms with E-state index in [1.807, 2.05) is 4.90 Å². The van der Waals surface area contributed by atoms with Gasteiger partial charge in [0.25, 0.3) is 5.91 Å². The van der Waals surface area contributed by atoms with Crippen LogP contribution in [0, 0.1) is 11.6 Å². The van der Waals surface area contributed by atoms with E-state index in [-0.39, 0.29) is 29.7 Å². The van der Waals surface area contributed by atoms with Crippen LogP contribution < -0.4 is 9.64 Å². The molecule has 8 heteroatoms. The van der Waals surface area contributed by atoms with Crippen LogP contribution in [0.3, 0.4) is 0 Å². The van der Waals surface area contributed by atoms with E-state index in [1.165, 1.54) is 30.3 Å². The van der Waals surface area contributed by atoms with Gasteiger partial charge in [0.15, 0.2) is 0 Å². The lowest BCUT2D eigenvalue weighted by molar-refractivity contribution is -0.123. The van der Waals surface area contributed by atoms with Gasteiger partial charge in [-0.2, -0.15) is 0 Å². The molecule has 0 bridgehead atoms. The van der Waals surface area contributed by atoms with E-state index in [9.17, 15) is 18.4 Å². The largest absolute Gasteiger partial charge is 0.496 e. The number of rotatable bonds is 5. The van der Waals surface area contributed by atoms with Crippen molar-refractivity contribution in [3.63, 3.8) is 0 Å². The van der Waals surface area contributed by atoms with E-state index in [4.69, 9.17) is 4.74 Å². The Bertz CT molecular complexity index is 960. The first-order valence-corrected chi connectivity index (χ1v) is 9.88. The van der Waals surface area contributed by atoms with Crippen molar-refractivity contribution in [1.29, 1.82) is 0 Å². The number of piperazine rings is 1. The van der Waals surface area contributed by atoms with Gasteiger partial charge in [-0.25, -0.2) is 13.7 Å². The first-order valence-electron chi connectivity index (χ1n) is 9.88. The Hall–Kier alpha value is -2.84. The molecule has 2 aliphatic rings. The predicted molar refractivity (Wildman–Crippen MR) is 107 cm³/mol. The van der Waals surface area contributed by atoms with Crippen molar-refractivity contribution in [2.24, 2.45) is 0 Å². The van der Waals surface area contributed by atoms with Crippen LogP contribution in [0.25, 0.3) is 0 Å². The molecule has 0 N–H and O–H groups in total. The van der Waals surface area contributed by atoms with Gasteiger partial charge in [-0.05, 0) is 30.3 Å². The highest BCUT2D eigenvalue weighted by Crippen LogP contribution is 2.29. The second-order valence-electron chi connectivity index (χ2n) is 7.51. The maximum Gasteiger partial charge on any atom is 0.251 e. The van der Waals surface area contributed by atoms with Gasteiger partial charge in [0.2, 0.25) is 5.91 Å². The number of imide groups is 1. The summed E-state index contributed by atoms with van der Waals surface area (Å²) >= 11 is 0. The highest BCUT2D eigenvalue weighted by atomic mass is 19.1. The van der Waals surface area contributed by atoms with Gasteiger partial charge in [-0.1, -0.05) is 12.1 Å². The second kappa shape index (κ2) is 8.49. The molecule has 4 rings (SSSR count). The Labute approximate surface area is 173 Å². The monoisotopic (exact) mass is 415 g/mol. The molecule has 0 radical (unpaired) electrons. The lowest BCUT2D eigenvalue weighted by atomic mass is 10.1. The zero-order valence-electron chi connectivity index (χ0n) is 16.7. The van der Waals surface area contributed by atoms with Crippen LogP contribution in [-0.4, -0.2) is 60.9 Å². The number of methoxy groups -OCH3 is 1. The van der Waals surface area contributed by atoms with Crippen LogP contribution in [-0.2, 0) is 16.1 Å². The number of anilines is 1. The zero-order chi connectivity index (χ0) is 21.3. The van der Waals surface area contributed by atoms with Crippen LogP contribution in [0.1, 0.15) is 12.0 Å². The molecule has 0 unspecified atom stereocenters. The molecule has 158 valence electrons. The summed E-state index contributed by atoms with van der Waals surface area (Å²) in [4.78, 5) is 30.4. The minimum Gasteiger partial charge on any atom is -0.496 e. The molecule has 2 fully saturated rings. The third-order valence-electron chi connectivity index (χ3n) is 5.70. The smallest absolute Gasteiger partial charge is 0.251 e. The molecular weight excluding hydrogens is 392 g/mol. The van der Waals surface area contributed by atoms with E-state index in [1.54, 1.807) is 19.2 Å². The van der Waals surface area contributed by atoms with E-state index >= 15 is 0 Å². The van der Waals surface area contributed by atoms with Gasteiger partial charge in [-0.3, -0.25) is 19.4 Å². The summed E-state index contributed by atoms with van der Waals surface area (Å²) in [5.41, 5.74) is 0.774. The van der Waals surface area contributed by atoms with Crippen molar-refractivity contribution in [1.82, 2.24) is 9.80 Å². The van der Waals surface area contributed by atoms with Crippen LogP contribution in [0.15, 0.2) is 42.5 Å². The Morgan fingerprint density at radius 2 is 1.77 bits per heavy atom. The van der Waals surface area contributed by atoms with Crippen molar-refractivity contribution >= 4 is 17.5 Å². The van der Waals surface area contributed by atoms with Gasteiger partial charge in [-0.15, -0.1) is 0 Å². The van der Waals surface area contributed by atoms with Crippen molar-refractivity contribution in [2.45, 2.75) is 19.0 Å². The van der Waals surface area contributed by atoms with E-state index in [0.29, 0.717) is 38.5 Å². The van der Waals surface area contributed by atoms with E-state index in [0.717, 1.165) is 10.5 Å². The summed E-state index contributed by atoms with van der Waals surface area (Å²) in [5.74, 6) is -1.04. The van der Waals surface area contributed by atoms with Crippen LogP contribution in [0.5, 0.6) is 5.75 Å². The average Bonchev–Trinajstić information content (AvgIpc) is 3.03. The molecule has 2 saturated heterocycles. The quantitative estimate of drug-likeness (QED) is 0.703. The highest BCUT2D eigenvalue weighted by Gasteiger charge is 2.44. The molecule has 30 heavy (non-hydrogen) atoms. The molecule has 0 spiro atoms. The number of halogens is 2. The fourth-order valence-electron chi connectivity index (χ4n) is 4.13. The Morgan fingerprint density at radius 1 is 1.03 bits per heavy atom.